The number of rotatable bonds is 5. The van der Waals surface area contributed by atoms with Crippen LogP contribution in [0.4, 0.5) is 4.79 Å². The van der Waals surface area contributed by atoms with Crippen molar-refractivity contribution in [3.63, 3.8) is 0 Å². The fourth-order valence-electron chi connectivity index (χ4n) is 3.39. The van der Waals surface area contributed by atoms with Crippen LogP contribution in [-0.4, -0.2) is 39.4 Å². The quantitative estimate of drug-likeness (QED) is 0.378. The topological polar surface area (TPSA) is 86.1 Å². The molecule has 0 atom stereocenters. The van der Waals surface area contributed by atoms with Crippen molar-refractivity contribution in [2.24, 2.45) is 0 Å². The number of aromatic nitrogens is 3. The summed E-state index contributed by atoms with van der Waals surface area (Å²) in [5.74, 6) is -0.157. The molecule has 0 spiro atoms. The molecule has 2 aromatic heterocycles. The monoisotopic (exact) mass is 486 g/mol. The Morgan fingerprint density at radius 1 is 1.03 bits per heavy atom. The zero-order valence-corrected chi connectivity index (χ0v) is 20.8. The van der Waals surface area contributed by atoms with E-state index >= 15 is 0 Å². The van der Waals surface area contributed by atoms with E-state index in [0.29, 0.717) is 16.8 Å². The summed E-state index contributed by atoms with van der Waals surface area (Å²) in [6.45, 7) is 5.44. The lowest BCUT2D eigenvalue weighted by Crippen LogP contribution is -2.27. The molecule has 7 nitrogen and oxygen atoms in total. The third kappa shape index (κ3) is 5.78. The molecule has 0 saturated heterocycles. The van der Waals surface area contributed by atoms with Gasteiger partial charge in [-0.2, -0.15) is 9.78 Å². The van der Waals surface area contributed by atoms with Crippen molar-refractivity contribution < 1.29 is 14.3 Å². The van der Waals surface area contributed by atoms with Gasteiger partial charge in [0, 0.05) is 28.4 Å². The molecule has 35 heavy (non-hydrogen) atoms. The second-order valence-electron chi connectivity index (χ2n) is 8.72. The number of carbonyl (C=O) groups excluding carboxylic acids is 2. The number of benzene rings is 2. The molecule has 1 amide bonds. The first-order valence-corrected chi connectivity index (χ1v) is 11.9. The number of amides is 1. The highest BCUT2D eigenvalue weighted by molar-refractivity contribution is 7.99. The van der Waals surface area contributed by atoms with Crippen molar-refractivity contribution in [2.45, 2.75) is 36.2 Å². The van der Waals surface area contributed by atoms with Crippen LogP contribution < -0.4 is 5.32 Å². The van der Waals surface area contributed by atoms with Gasteiger partial charge in [0.1, 0.15) is 5.60 Å². The van der Waals surface area contributed by atoms with E-state index in [4.69, 9.17) is 4.74 Å². The van der Waals surface area contributed by atoms with E-state index in [9.17, 15) is 9.59 Å². The molecule has 2 aromatic carbocycles. The molecular formula is C27H26N4O3S. The maximum atomic E-state index is 13.0. The van der Waals surface area contributed by atoms with Crippen molar-refractivity contribution >= 4 is 46.8 Å². The van der Waals surface area contributed by atoms with Crippen molar-refractivity contribution in [2.75, 3.05) is 7.05 Å². The van der Waals surface area contributed by atoms with Gasteiger partial charge in [0.15, 0.2) is 0 Å². The Hall–Kier alpha value is -3.91. The second kappa shape index (κ2) is 10.1. The predicted octanol–water partition coefficient (Wildman–Crippen LogP) is 5.90. The molecule has 0 saturated carbocycles. The van der Waals surface area contributed by atoms with Crippen LogP contribution >= 0.6 is 11.8 Å². The molecule has 0 aliphatic heterocycles. The largest absolute Gasteiger partial charge is 0.442 e. The lowest BCUT2D eigenvalue weighted by Gasteiger charge is -2.19. The number of carbonyl (C=O) groups is 2. The predicted molar refractivity (Wildman–Crippen MR) is 138 cm³/mol. The molecule has 2 heterocycles. The maximum Gasteiger partial charge on any atom is 0.435 e. The van der Waals surface area contributed by atoms with Crippen LogP contribution in [0.3, 0.4) is 0 Å². The van der Waals surface area contributed by atoms with E-state index in [2.05, 4.69) is 15.4 Å². The Bertz CT molecular complexity index is 1410. The molecule has 8 heteroatoms. The second-order valence-corrected chi connectivity index (χ2v) is 9.84. The van der Waals surface area contributed by atoms with Crippen LogP contribution in [0, 0.1) is 0 Å². The normalized spacial score (nSPS) is 11.7. The van der Waals surface area contributed by atoms with Gasteiger partial charge < -0.3 is 10.1 Å². The maximum absolute atomic E-state index is 13.0. The number of fused-ring (bicyclic) bond motifs is 1. The number of hydrogen-bond acceptors (Lipinski definition) is 6. The molecule has 4 rings (SSSR count). The van der Waals surface area contributed by atoms with Crippen molar-refractivity contribution in [1.82, 2.24) is 20.1 Å². The summed E-state index contributed by atoms with van der Waals surface area (Å²) in [6, 6.07) is 18.8. The standard InChI is InChI=1S/C27H26N4O3S/c1-27(2,3)34-26(33)31-23-17-19(35-24-11-6-5-10-21(24)25(32)28-4)13-14-20(23)22(30-31)15-12-18-9-7-8-16-29-18/h5-17H,1-4H3,(H,28,32)/b15-12+. The fourth-order valence-corrected chi connectivity index (χ4v) is 4.37. The molecule has 0 radical (unpaired) electrons. The number of pyridine rings is 1. The van der Waals surface area contributed by atoms with Gasteiger partial charge in [-0.3, -0.25) is 9.78 Å². The first-order chi connectivity index (χ1) is 16.7. The van der Waals surface area contributed by atoms with Gasteiger partial charge in [0.25, 0.3) is 5.91 Å². The van der Waals surface area contributed by atoms with E-state index in [0.717, 1.165) is 20.9 Å². The van der Waals surface area contributed by atoms with Gasteiger partial charge in [-0.05, 0) is 75.4 Å². The fraction of sp³-hybridized carbons (Fsp3) is 0.185. The Kier molecular flexibility index (Phi) is 7.02. The highest BCUT2D eigenvalue weighted by Crippen LogP contribution is 2.33. The molecular weight excluding hydrogens is 460 g/mol. The molecule has 178 valence electrons. The van der Waals surface area contributed by atoms with E-state index < -0.39 is 11.7 Å². The van der Waals surface area contributed by atoms with Crippen LogP contribution in [0.1, 0.15) is 42.5 Å². The summed E-state index contributed by atoms with van der Waals surface area (Å²) in [5.41, 5.74) is 1.93. The lowest BCUT2D eigenvalue weighted by molar-refractivity contribution is 0.0522. The van der Waals surface area contributed by atoms with Crippen LogP contribution in [0.25, 0.3) is 23.1 Å². The summed E-state index contributed by atoms with van der Waals surface area (Å²) in [4.78, 5) is 31.3. The number of hydrogen-bond donors (Lipinski definition) is 1. The molecule has 4 aromatic rings. The summed E-state index contributed by atoms with van der Waals surface area (Å²) < 4.78 is 6.88. The van der Waals surface area contributed by atoms with Gasteiger partial charge in [-0.1, -0.05) is 30.0 Å². The lowest BCUT2D eigenvalue weighted by atomic mass is 10.2. The minimum Gasteiger partial charge on any atom is -0.442 e. The Balaban J connectivity index is 1.77. The minimum absolute atomic E-state index is 0.157. The van der Waals surface area contributed by atoms with Crippen LogP contribution in [-0.2, 0) is 4.74 Å². The van der Waals surface area contributed by atoms with Crippen molar-refractivity contribution in [3.8, 4) is 0 Å². The van der Waals surface area contributed by atoms with Crippen LogP contribution in [0.15, 0.2) is 76.7 Å². The van der Waals surface area contributed by atoms with Gasteiger partial charge in [0.2, 0.25) is 0 Å². The zero-order chi connectivity index (χ0) is 25.0. The smallest absolute Gasteiger partial charge is 0.435 e. The average molecular weight is 487 g/mol. The Labute approximate surface area is 208 Å². The van der Waals surface area contributed by atoms with Gasteiger partial charge >= 0.3 is 6.09 Å². The molecule has 0 aliphatic carbocycles. The summed E-state index contributed by atoms with van der Waals surface area (Å²) in [7, 11) is 1.61. The zero-order valence-electron chi connectivity index (χ0n) is 20.0. The van der Waals surface area contributed by atoms with E-state index in [1.807, 2.05) is 87.5 Å². The average Bonchev–Trinajstić information content (AvgIpc) is 3.20. The van der Waals surface area contributed by atoms with Crippen molar-refractivity contribution in [1.29, 1.82) is 0 Å². The third-order valence-corrected chi connectivity index (χ3v) is 6.00. The first-order valence-electron chi connectivity index (χ1n) is 11.1. The highest BCUT2D eigenvalue weighted by atomic mass is 32.2. The number of ether oxygens (including phenoxy) is 1. The SMILES string of the molecule is CNC(=O)c1ccccc1Sc1ccc2c(/C=C/c3ccccn3)nn(C(=O)OC(C)(C)C)c2c1. The Morgan fingerprint density at radius 3 is 2.51 bits per heavy atom. The third-order valence-electron chi connectivity index (χ3n) is 4.93. The molecule has 0 fully saturated rings. The van der Waals surface area contributed by atoms with E-state index in [1.165, 1.54) is 16.4 Å². The molecule has 0 aliphatic rings. The van der Waals surface area contributed by atoms with Crippen LogP contribution in [0.5, 0.6) is 0 Å². The van der Waals surface area contributed by atoms with Gasteiger partial charge in [-0.25, -0.2) is 4.79 Å². The van der Waals surface area contributed by atoms with Gasteiger partial charge in [-0.15, -0.1) is 0 Å². The summed E-state index contributed by atoms with van der Waals surface area (Å²) in [5, 5.41) is 8.02. The summed E-state index contributed by atoms with van der Waals surface area (Å²) >= 11 is 1.44. The minimum atomic E-state index is -0.669. The Morgan fingerprint density at radius 2 is 1.80 bits per heavy atom. The first kappa shape index (κ1) is 24.2. The molecule has 0 unspecified atom stereocenters. The number of nitrogens with one attached hydrogen (secondary N) is 1. The molecule has 0 bridgehead atoms. The highest BCUT2D eigenvalue weighted by Gasteiger charge is 2.22. The van der Waals surface area contributed by atoms with Crippen molar-refractivity contribution in [3.05, 3.63) is 83.8 Å². The van der Waals surface area contributed by atoms with Gasteiger partial charge in [0.05, 0.1) is 22.5 Å². The van der Waals surface area contributed by atoms with E-state index in [-0.39, 0.29) is 5.91 Å². The number of nitrogens with zero attached hydrogens (tertiary/aromatic N) is 3. The van der Waals surface area contributed by atoms with E-state index in [1.54, 1.807) is 19.3 Å². The summed E-state index contributed by atoms with van der Waals surface area (Å²) in [6.07, 6.45) is 4.84. The molecule has 1 N–H and O–H groups in total. The van der Waals surface area contributed by atoms with Crippen LogP contribution in [0.2, 0.25) is 0 Å².